The van der Waals surface area contributed by atoms with E-state index in [0.717, 1.165) is 43.3 Å². The Morgan fingerprint density at radius 2 is 1.85 bits per heavy atom. The number of rotatable bonds is 2. The Morgan fingerprint density at radius 1 is 1.15 bits per heavy atom. The zero-order chi connectivity index (χ0) is 14.1. The topological polar surface area (TPSA) is 33.1 Å². The van der Waals surface area contributed by atoms with Crippen LogP contribution in [-0.4, -0.2) is 36.0 Å². The van der Waals surface area contributed by atoms with Gasteiger partial charge in [-0.3, -0.25) is 0 Å². The van der Waals surface area contributed by atoms with Crippen LogP contribution in [-0.2, 0) is 0 Å². The Balaban J connectivity index is 2.04. The van der Waals surface area contributed by atoms with Gasteiger partial charge >= 0.3 is 0 Å². The van der Waals surface area contributed by atoms with Gasteiger partial charge in [0.15, 0.2) is 0 Å². The lowest BCUT2D eigenvalue weighted by atomic mass is 10.2. The molecule has 1 N–H and O–H groups in total. The highest BCUT2D eigenvalue weighted by Gasteiger charge is 2.21. The summed E-state index contributed by atoms with van der Waals surface area (Å²) in [5.41, 5.74) is 3.59. The lowest BCUT2D eigenvalue weighted by Crippen LogP contribution is -2.43. The van der Waals surface area contributed by atoms with Gasteiger partial charge in [-0.1, -0.05) is 12.1 Å². The smallest absolute Gasteiger partial charge is 0.148 e. The second-order valence-corrected chi connectivity index (χ2v) is 5.12. The molecule has 20 heavy (non-hydrogen) atoms. The van der Waals surface area contributed by atoms with Gasteiger partial charge in [0.2, 0.25) is 0 Å². The summed E-state index contributed by atoms with van der Waals surface area (Å²) in [4.78, 5) is 2.32. The fourth-order valence-corrected chi connectivity index (χ4v) is 2.84. The predicted molar refractivity (Wildman–Crippen MR) is 78.1 cm³/mol. The summed E-state index contributed by atoms with van der Waals surface area (Å²) >= 11 is 0. The van der Waals surface area contributed by atoms with Crippen molar-refractivity contribution in [3.63, 3.8) is 0 Å². The van der Waals surface area contributed by atoms with E-state index in [-0.39, 0.29) is 5.82 Å². The molecule has 2 aromatic rings. The molecule has 4 nitrogen and oxygen atoms in total. The lowest BCUT2D eigenvalue weighted by Gasteiger charge is -2.29. The van der Waals surface area contributed by atoms with Gasteiger partial charge in [0.1, 0.15) is 11.5 Å². The number of aromatic nitrogens is 2. The predicted octanol–water partition coefficient (Wildman–Crippen LogP) is 2.04. The summed E-state index contributed by atoms with van der Waals surface area (Å²) in [7, 11) is 0. The van der Waals surface area contributed by atoms with Crippen molar-refractivity contribution in [2.75, 3.05) is 31.1 Å². The minimum atomic E-state index is -0.245. The highest BCUT2D eigenvalue weighted by atomic mass is 19.1. The van der Waals surface area contributed by atoms with Gasteiger partial charge in [-0.2, -0.15) is 5.10 Å². The minimum Gasteiger partial charge on any atom is -0.366 e. The van der Waals surface area contributed by atoms with Crippen molar-refractivity contribution in [3.8, 4) is 5.69 Å². The summed E-state index contributed by atoms with van der Waals surface area (Å²) in [5.74, 6) is -0.245. The number of halogens is 1. The van der Waals surface area contributed by atoms with Crippen molar-refractivity contribution >= 4 is 5.69 Å². The molecule has 5 heteroatoms. The van der Waals surface area contributed by atoms with E-state index in [2.05, 4.69) is 15.3 Å². The van der Waals surface area contributed by atoms with Crippen LogP contribution >= 0.6 is 0 Å². The summed E-state index contributed by atoms with van der Waals surface area (Å²) < 4.78 is 15.7. The van der Waals surface area contributed by atoms with Gasteiger partial charge in [-0.25, -0.2) is 9.07 Å². The van der Waals surface area contributed by atoms with E-state index in [1.54, 1.807) is 16.8 Å². The molecule has 0 atom stereocenters. The normalized spacial score (nSPS) is 15.7. The maximum Gasteiger partial charge on any atom is 0.148 e. The Bertz CT molecular complexity index is 614. The standard InChI is InChI=1S/C15H19FN4/c1-11-15(19-9-7-17-8-10-19)12(2)20(18-11)14-6-4-3-5-13(14)16/h3-6,17H,7-10H2,1-2H3. The zero-order valence-electron chi connectivity index (χ0n) is 11.9. The molecule has 1 saturated heterocycles. The summed E-state index contributed by atoms with van der Waals surface area (Å²) in [5, 5.41) is 7.87. The van der Waals surface area contributed by atoms with Crippen LogP contribution in [0.2, 0.25) is 0 Å². The van der Waals surface area contributed by atoms with Crippen molar-refractivity contribution in [3.05, 3.63) is 41.5 Å². The quantitative estimate of drug-likeness (QED) is 0.909. The van der Waals surface area contributed by atoms with Crippen LogP contribution in [0.15, 0.2) is 24.3 Å². The van der Waals surface area contributed by atoms with Crippen molar-refractivity contribution in [1.82, 2.24) is 15.1 Å². The number of anilines is 1. The van der Waals surface area contributed by atoms with E-state index in [1.807, 2.05) is 19.9 Å². The molecule has 1 aliphatic rings. The molecule has 0 bridgehead atoms. The van der Waals surface area contributed by atoms with Gasteiger partial charge in [0, 0.05) is 26.2 Å². The number of para-hydroxylation sites is 1. The average molecular weight is 274 g/mol. The molecule has 0 radical (unpaired) electrons. The number of nitrogens with zero attached hydrogens (tertiary/aromatic N) is 3. The van der Waals surface area contributed by atoms with Crippen LogP contribution in [0, 0.1) is 19.7 Å². The van der Waals surface area contributed by atoms with Crippen LogP contribution in [0.1, 0.15) is 11.4 Å². The second kappa shape index (κ2) is 5.25. The third-order valence-electron chi connectivity index (χ3n) is 3.77. The molecule has 0 amide bonds. The third kappa shape index (κ3) is 2.18. The van der Waals surface area contributed by atoms with Gasteiger partial charge in [0.05, 0.1) is 17.1 Å². The molecule has 1 aromatic carbocycles. The molecular weight excluding hydrogens is 255 g/mol. The Hall–Kier alpha value is -1.88. The van der Waals surface area contributed by atoms with E-state index in [1.165, 1.54) is 6.07 Å². The first-order valence-electron chi connectivity index (χ1n) is 6.95. The van der Waals surface area contributed by atoms with Crippen LogP contribution in [0.4, 0.5) is 10.1 Å². The molecule has 1 fully saturated rings. The van der Waals surface area contributed by atoms with Crippen LogP contribution in [0.5, 0.6) is 0 Å². The number of benzene rings is 1. The van der Waals surface area contributed by atoms with Crippen LogP contribution in [0.25, 0.3) is 5.69 Å². The molecule has 0 spiro atoms. The van der Waals surface area contributed by atoms with E-state index in [4.69, 9.17) is 0 Å². The Kier molecular flexibility index (Phi) is 3.44. The first-order chi connectivity index (χ1) is 9.68. The zero-order valence-corrected chi connectivity index (χ0v) is 11.9. The van der Waals surface area contributed by atoms with E-state index < -0.39 is 0 Å². The van der Waals surface area contributed by atoms with Gasteiger partial charge in [-0.15, -0.1) is 0 Å². The molecule has 106 valence electrons. The number of piperazine rings is 1. The second-order valence-electron chi connectivity index (χ2n) is 5.12. The van der Waals surface area contributed by atoms with Crippen molar-refractivity contribution in [1.29, 1.82) is 0 Å². The third-order valence-corrected chi connectivity index (χ3v) is 3.77. The number of nitrogens with one attached hydrogen (secondary N) is 1. The summed E-state index contributed by atoms with van der Waals surface area (Å²) in [6.07, 6.45) is 0. The average Bonchev–Trinajstić information content (AvgIpc) is 2.75. The highest BCUT2D eigenvalue weighted by Crippen LogP contribution is 2.27. The fourth-order valence-electron chi connectivity index (χ4n) is 2.84. The number of hydrogen-bond acceptors (Lipinski definition) is 3. The van der Waals surface area contributed by atoms with Gasteiger partial charge in [-0.05, 0) is 26.0 Å². The first-order valence-corrected chi connectivity index (χ1v) is 6.95. The Labute approximate surface area is 118 Å². The minimum absolute atomic E-state index is 0.245. The first kappa shape index (κ1) is 13.1. The molecule has 0 unspecified atom stereocenters. The van der Waals surface area contributed by atoms with Crippen LogP contribution in [0.3, 0.4) is 0 Å². The van der Waals surface area contributed by atoms with Crippen molar-refractivity contribution in [2.24, 2.45) is 0 Å². The maximum atomic E-state index is 14.0. The summed E-state index contributed by atoms with van der Waals surface area (Å²) in [6.45, 7) is 7.87. The monoisotopic (exact) mass is 274 g/mol. The van der Waals surface area contributed by atoms with E-state index >= 15 is 0 Å². The van der Waals surface area contributed by atoms with Crippen molar-refractivity contribution in [2.45, 2.75) is 13.8 Å². The number of aryl methyl sites for hydroxylation is 1. The molecule has 3 rings (SSSR count). The van der Waals surface area contributed by atoms with E-state index in [0.29, 0.717) is 5.69 Å². The van der Waals surface area contributed by atoms with Gasteiger partial charge in [0.25, 0.3) is 0 Å². The maximum absolute atomic E-state index is 14.0. The molecule has 0 saturated carbocycles. The lowest BCUT2D eigenvalue weighted by molar-refractivity contribution is 0.587. The molecule has 0 aliphatic carbocycles. The SMILES string of the molecule is Cc1nn(-c2ccccc2F)c(C)c1N1CCNCC1. The van der Waals surface area contributed by atoms with Crippen LogP contribution < -0.4 is 10.2 Å². The summed E-state index contributed by atoms with van der Waals surface area (Å²) in [6, 6.07) is 6.76. The molecule has 1 aliphatic heterocycles. The fraction of sp³-hybridized carbons (Fsp3) is 0.400. The molecular formula is C15H19FN4. The van der Waals surface area contributed by atoms with E-state index in [9.17, 15) is 4.39 Å². The molecule has 2 heterocycles. The number of hydrogen-bond donors (Lipinski definition) is 1. The molecule has 1 aromatic heterocycles. The largest absolute Gasteiger partial charge is 0.366 e. The van der Waals surface area contributed by atoms with Crippen molar-refractivity contribution < 1.29 is 4.39 Å². The highest BCUT2D eigenvalue weighted by molar-refractivity contribution is 5.57. The van der Waals surface area contributed by atoms with Gasteiger partial charge < -0.3 is 10.2 Å². The Morgan fingerprint density at radius 3 is 2.55 bits per heavy atom.